The molecule has 222 valence electrons. The minimum Gasteiger partial charge on any atom is -0.378 e. The Hall–Kier alpha value is 0.935. The zero-order chi connectivity index (χ0) is 28.1. The zero-order valence-electron chi connectivity index (χ0n) is 22.2. The van der Waals surface area contributed by atoms with Crippen LogP contribution < -0.4 is 0 Å². The van der Waals surface area contributed by atoms with Crippen molar-refractivity contribution in [3.8, 4) is 0 Å². The van der Waals surface area contributed by atoms with E-state index in [1.807, 2.05) is 0 Å². The van der Waals surface area contributed by atoms with E-state index in [1.54, 1.807) is 0 Å². The summed E-state index contributed by atoms with van der Waals surface area (Å²) >= 11 is 0. The second kappa shape index (κ2) is 10.9. The molecule has 0 radical (unpaired) electrons. The molecule has 0 amide bonds. The molecule has 3 unspecified atom stereocenters. The maximum absolute atomic E-state index is 6.26. The first-order chi connectivity index (χ1) is 17.8. The van der Waals surface area contributed by atoms with E-state index in [-0.39, 0.29) is 0 Å². The lowest BCUT2D eigenvalue weighted by Crippen LogP contribution is -2.87. The van der Waals surface area contributed by atoms with Crippen molar-refractivity contribution in [2.45, 2.75) is 6.55 Å². The lowest BCUT2D eigenvalue weighted by Gasteiger charge is -2.54. The van der Waals surface area contributed by atoms with Crippen LogP contribution in [0.3, 0.4) is 0 Å². The van der Waals surface area contributed by atoms with Gasteiger partial charge in [0.25, 0.3) is 0 Å². The van der Waals surface area contributed by atoms with Gasteiger partial charge in [0.1, 0.15) is 0 Å². The summed E-state index contributed by atoms with van der Waals surface area (Å²) in [5.74, 6) is 0. The Morgan fingerprint density at radius 2 is 0.526 bits per heavy atom. The highest BCUT2D eigenvalue weighted by Gasteiger charge is 2.86. The van der Waals surface area contributed by atoms with E-state index in [1.165, 1.54) is 70.5 Å². The average molecular weight is 695 g/mol. The first-order valence-electron chi connectivity index (χ1n) is 10.5. The molecule has 4 aliphatic rings. The van der Waals surface area contributed by atoms with E-state index in [4.69, 9.17) is 85.1 Å². The van der Waals surface area contributed by atoms with Crippen LogP contribution >= 0.6 is 0 Å². The highest BCUT2D eigenvalue weighted by molar-refractivity contribution is 6.95. The molecule has 6 bridgehead atoms. The van der Waals surface area contributed by atoms with Gasteiger partial charge in [0.05, 0.1) is 0 Å². The third-order valence-electron chi connectivity index (χ3n) is 5.24. The molecular formula is C10H30O20Si8. The summed E-state index contributed by atoms with van der Waals surface area (Å²) < 4.78 is 119. The summed E-state index contributed by atoms with van der Waals surface area (Å²) in [7, 11) is -25.1. The van der Waals surface area contributed by atoms with Gasteiger partial charge in [-0.3, -0.25) is 0 Å². The first kappa shape index (κ1) is 31.9. The molecule has 28 heteroatoms. The molecule has 0 spiro atoms. The maximum Gasteiger partial charge on any atom is 0.667 e. The van der Waals surface area contributed by atoms with Crippen molar-refractivity contribution in [1.29, 1.82) is 0 Å². The fourth-order valence-corrected chi connectivity index (χ4v) is 37.0. The molecule has 4 aliphatic heterocycles. The fraction of sp³-hybridized carbons (Fsp3) is 1.00. The van der Waals surface area contributed by atoms with Crippen LogP contribution in [0.4, 0.5) is 0 Å². The largest absolute Gasteiger partial charge is 0.667 e. The van der Waals surface area contributed by atoms with Crippen LogP contribution in [0.2, 0.25) is 6.55 Å². The number of hydrogen-bond acceptors (Lipinski definition) is 20. The van der Waals surface area contributed by atoms with Crippen LogP contribution in [0.1, 0.15) is 0 Å². The van der Waals surface area contributed by atoms with Crippen LogP contribution in [-0.2, 0) is 85.1 Å². The highest BCUT2D eigenvalue weighted by atomic mass is 28.6. The van der Waals surface area contributed by atoms with Gasteiger partial charge in [0.15, 0.2) is 0 Å². The van der Waals surface area contributed by atoms with Gasteiger partial charge in [-0.2, -0.15) is 0 Å². The van der Waals surface area contributed by atoms with Gasteiger partial charge >= 0.3 is 72.1 Å². The molecule has 4 saturated heterocycles. The Morgan fingerprint density at radius 3 is 0.737 bits per heavy atom. The zero-order valence-corrected chi connectivity index (χ0v) is 30.2. The van der Waals surface area contributed by atoms with Crippen molar-refractivity contribution in [1.82, 2.24) is 0 Å². The van der Waals surface area contributed by atoms with Crippen molar-refractivity contribution in [3.05, 3.63) is 0 Å². The summed E-state index contributed by atoms with van der Waals surface area (Å²) in [6.07, 6.45) is 0. The molecule has 0 aliphatic carbocycles. The Labute approximate surface area is 227 Å². The summed E-state index contributed by atoms with van der Waals surface area (Å²) in [4.78, 5) is 0. The molecule has 20 nitrogen and oxygen atoms in total. The predicted octanol–water partition coefficient (Wildman–Crippen LogP) is -2.34. The summed E-state index contributed by atoms with van der Waals surface area (Å²) in [6, 6.07) is 0. The van der Waals surface area contributed by atoms with Crippen molar-refractivity contribution in [3.63, 3.8) is 0 Å². The third-order valence-corrected chi connectivity index (χ3v) is 32.9. The van der Waals surface area contributed by atoms with Crippen molar-refractivity contribution in [2.24, 2.45) is 0 Å². The Kier molecular flexibility index (Phi) is 9.13. The smallest absolute Gasteiger partial charge is 0.378 e. The van der Waals surface area contributed by atoms with Gasteiger partial charge < -0.3 is 85.1 Å². The quantitative estimate of drug-likeness (QED) is 0.234. The molecule has 4 fully saturated rings. The number of rotatable bonds is 9. The van der Waals surface area contributed by atoms with E-state index in [2.05, 4.69) is 0 Å². The van der Waals surface area contributed by atoms with E-state index < -0.39 is 72.1 Å². The summed E-state index contributed by atoms with van der Waals surface area (Å²) in [6.45, 7) is 1.48. The van der Waals surface area contributed by atoms with Crippen LogP contribution in [0.5, 0.6) is 0 Å². The topological polar surface area (TPSA) is 185 Å². The third kappa shape index (κ3) is 5.41. The molecule has 4 rings (SSSR count). The van der Waals surface area contributed by atoms with Gasteiger partial charge in [-0.15, -0.1) is 0 Å². The van der Waals surface area contributed by atoms with E-state index in [0.29, 0.717) is 0 Å². The Bertz CT molecular complexity index is 818. The first-order valence-corrected chi connectivity index (χ1v) is 24.2. The molecule has 4 heterocycles. The van der Waals surface area contributed by atoms with Crippen LogP contribution in [-0.4, -0.2) is 136 Å². The van der Waals surface area contributed by atoms with Gasteiger partial charge in [0, 0.05) is 70.5 Å². The molecular weight excluding hydrogens is 665 g/mol. The van der Waals surface area contributed by atoms with Crippen molar-refractivity contribution in [2.75, 3.05) is 64.0 Å². The molecule has 38 heavy (non-hydrogen) atoms. The number of fused-ring (bicyclic) bond motifs is 4. The minimum atomic E-state index is -4.69. The Balaban J connectivity index is 2.09. The van der Waals surface area contributed by atoms with Crippen molar-refractivity contribution < 1.29 is 85.1 Å². The second-order valence-corrected chi connectivity index (χ2v) is 28.7. The van der Waals surface area contributed by atoms with E-state index in [9.17, 15) is 0 Å². The molecule has 0 aromatic heterocycles. The van der Waals surface area contributed by atoms with Crippen LogP contribution in [0.15, 0.2) is 0 Å². The summed E-state index contributed by atoms with van der Waals surface area (Å²) in [5.41, 5.74) is 0. The molecule has 7 atom stereocenters. The average Bonchev–Trinajstić information content (AvgIpc) is 2.88. The van der Waals surface area contributed by atoms with Gasteiger partial charge in [-0.1, -0.05) is 0 Å². The fourth-order valence-electron chi connectivity index (χ4n) is 3.33. The van der Waals surface area contributed by atoms with Gasteiger partial charge in [0.2, 0.25) is 0 Å². The van der Waals surface area contributed by atoms with Crippen LogP contribution in [0, 0.1) is 0 Å². The van der Waals surface area contributed by atoms with E-state index >= 15 is 0 Å². The maximum atomic E-state index is 6.26. The predicted molar refractivity (Wildman–Crippen MR) is 127 cm³/mol. The van der Waals surface area contributed by atoms with Crippen molar-refractivity contribution >= 4 is 72.1 Å². The highest BCUT2D eigenvalue weighted by Crippen LogP contribution is 2.45. The standard InChI is InChI=1S/C10H30O20Si8/c1-11-31(10)20-33(14-4)24-35(16-6)22-32(12-2,13-3)23-36(17-7)25-34(15-5,21-31)27-37(18-8,26-33)30-38(19-9,28-35)29-36/h1-10H3/t31-,33-,34?,35?,36+,37?,38+/m0/s1. The van der Waals surface area contributed by atoms with E-state index in [0.717, 1.165) is 0 Å². The SMILES string of the molecule is CO[Si]1(OC)O[Si]2(OC)O[Si@@]3(OC)O[Si]4(OC)O[Si](OC)(O[Si@@](C)(OC)O3)O[Si@@](OC)(O1)O[Si@@](OC)(O2)O4. The minimum absolute atomic E-state index is 1.21. The van der Waals surface area contributed by atoms with Crippen LogP contribution in [0.25, 0.3) is 0 Å². The second-order valence-electron chi connectivity index (χ2n) is 7.32. The Morgan fingerprint density at radius 1 is 0.289 bits per heavy atom. The normalized spacial score (nSPS) is 48.5. The summed E-state index contributed by atoms with van der Waals surface area (Å²) in [5, 5.41) is 0. The lowest BCUT2D eigenvalue weighted by atomic mass is 11.8. The number of hydrogen-bond donors (Lipinski definition) is 0. The molecule has 0 saturated carbocycles. The van der Waals surface area contributed by atoms with Gasteiger partial charge in [-0.05, 0) is 0 Å². The molecule has 0 aromatic rings. The molecule has 0 N–H and O–H groups in total. The lowest BCUT2D eigenvalue weighted by molar-refractivity contribution is -0.132. The molecule has 0 aromatic carbocycles. The monoisotopic (exact) mass is 694 g/mol. The van der Waals surface area contributed by atoms with Gasteiger partial charge in [-0.25, -0.2) is 0 Å².